The molecule has 0 radical (unpaired) electrons. The van der Waals surface area contributed by atoms with Gasteiger partial charge in [0, 0.05) is 12.1 Å². The van der Waals surface area contributed by atoms with Crippen LogP contribution < -0.4 is 5.32 Å². The average molecular weight is 291 g/mol. The Labute approximate surface area is 130 Å². The van der Waals surface area contributed by atoms with Crippen LogP contribution in [0.1, 0.15) is 16.7 Å². The molecule has 1 nitrogen and oxygen atoms in total. The van der Waals surface area contributed by atoms with Crippen molar-refractivity contribution in [1.82, 2.24) is 5.32 Å². The number of aryl methyl sites for hydroxylation is 1. The molecule has 0 heterocycles. The second-order valence-electron chi connectivity index (χ2n) is 5.19. The fourth-order valence-electron chi connectivity index (χ4n) is 2.41. The topological polar surface area (TPSA) is 12.0 Å². The van der Waals surface area contributed by atoms with Crippen molar-refractivity contribution in [2.24, 2.45) is 0 Å². The van der Waals surface area contributed by atoms with E-state index in [9.17, 15) is 0 Å². The zero-order valence-electron chi connectivity index (χ0n) is 12.0. The third-order valence-corrected chi connectivity index (χ3v) is 3.97. The largest absolute Gasteiger partial charge is 0.372 e. The molecule has 3 aromatic carbocycles. The van der Waals surface area contributed by atoms with E-state index in [4.69, 9.17) is 12.2 Å². The highest BCUT2D eigenvalue weighted by molar-refractivity contribution is 7.80. The normalized spacial score (nSPS) is 10.5. The van der Waals surface area contributed by atoms with Crippen molar-refractivity contribution in [3.05, 3.63) is 83.4 Å². The Hall–Kier alpha value is -2.19. The number of benzene rings is 3. The van der Waals surface area contributed by atoms with E-state index < -0.39 is 0 Å². The first-order valence-corrected chi connectivity index (χ1v) is 7.46. The van der Waals surface area contributed by atoms with Crippen LogP contribution >= 0.6 is 12.2 Å². The van der Waals surface area contributed by atoms with Crippen molar-refractivity contribution in [2.75, 3.05) is 0 Å². The molecule has 0 aliphatic carbocycles. The van der Waals surface area contributed by atoms with Gasteiger partial charge in [-0.05, 0) is 23.3 Å². The number of hydrogen-bond acceptors (Lipinski definition) is 1. The fraction of sp³-hybridized carbons (Fsp3) is 0.105. The van der Waals surface area contributed by atoms with Crippen LogP contribution in [-0.4, -0.2) is 4.99 Å². The van der Waals surface area contributed by atoms with E-state index in [0.29, 0.717) is 0 Å². The van der Waals surface area contributed by atoms with Crippen molar-refractivity contribution in [1.29, 1.82) is 0 Å². The zero-order valence-corrected chi connectivity index (χ0v) is 12.8. The molecule has 0 aliphatic rings. The molecule has 21 heavy (non-hydrogen) atoms. The van der Waals surface area contributed by atoms with Crippen molar-refractivity contribution < 1.29 is 0 Å². The maximum absolute atomic E-state index is 5.56. The highest BCUT2D eigenvalue weighted by atomic mass is 32.1. The minimum absolute atomic E-state index is 0.752. The van der Waals surface area contributed by atoms with Crippen LogP contribution in [-0.2, 0) is 6.54 Å². The molecule has 0 saturated heterocycles. The minimum atomic E-state index is 0.752. The standard InChI is InChI=1S/C19H17NS/c1-14-9-11-15(12-10-14)13-20-19(21)18-8-4-6-16-5-2-3-7-17(16)18/h2-12H,13H2,1H3,(H,20,21). The van der Waals surface area contributed by atoms with Gasteiger partial charge in [0.25, 0.3) is 0 Å². The summed E-state index contributed by atoms with van der Waals surface area (Å²) in [6.45, 7) is 2.85. The molecule has 3 rings (SSSR count). The second-order valence-corrected chi connectivity index (χ2v) is 5.60. The minimum Gasteiger partial charge on any atom is -0.372 e. The molecule has 0 saturated carbocycles. The van der Waals surface area contributed by atoms with E-state index in [1.54, 1.807) is 0 Å². The van der Waals surface area contributed by atoms with Crippen molar-refractivity contribution >= 4 is 28.0 Å². The Kier molecular flexibility index (Phi) is 3.98. The van der Waals surface area contributed by atoms with Crippen molar-refractivity contribution in [3.63, 3.8) is 0 Å². The van der Waals surface area contributed by atoms with Crippen LogP contribution in [0.15, 0.2) is 66.7 Å². The molecule has 0 atom stereocenters. The Balaban J connectivity index is 1.79. The van der Waals surface area contributed by atoms with Crippen LogP contribution in [0.4, 0.5) is 0 Å². The van der Waals surface area contributed by atoms with Gasteiger partial charge in [0.2, 0.25) is 0 Å². The summed E-state index contributed by atoms with van der Waals surface area (Å²) in [5, 5.41) is 5.77. The van der Waals surface area contributed by atoms with Gasteiger partial charge < -0.3 is 5.32 Å². The molecule has 1 N–H and O–H groups in total. The van der Waals surface area contributed by atoms with Gasteiger partial charge in [0.1, 0.15) is 4.99 Å². The molecule has 0 fully saturated rings. The molecule has 0 aromatic heterocycles. The van der Waals surface area contributed by atoms with E-state index >= 15 is 0 Å². The predicted molar refractivity (Wildman–Crippen MR) is 93.7 cm³/mol. The summed E-state index contributed by atoms with van der Waals surface area (Å²) in [7, 11) is 0. The first-order valence-electron chi connectivity index (χ1n) is 7.05. The van der Waals surface area contributed by atoms with E-state index in [2.05, 4.69) is 79.0 Å². The van der Waals surface area contributed by atoms with Gasteiger partial charge in [-0.3, -0.25) is 0 Å². The van der Waals surface area contributed by atoms with E-state index in [1.165, 1.54) is 21.9 Å². The van der Waals surface area contributed by atoms with Crippen molar-refractivity contribution in [2.45, 2.75) is 13.5 Å². The maximum Gasteiger partial charge on any atom is 0.107 e. The molecule has 0 aliphatic heterocycles. The Morgan fingerprint density at radius 2 is 1.62 bits per heavy atom. The average Bonchev–Trinajstić information content (AvgIpc) is 2.53. The SMILES string of the molecule is Cc1ccc(CNC(=S)c2cccc3ccccc23)cc1. The Bertz CT molecular complexity index is 770. The lowest BCUT2D eigenvalue weighted by atomic mass is 10.0. The quantitative estimate of drug-likeness (QED) is 0.707. The Morgan fingerprint density at radius 3 is 2.43 bits per heavy atom. The molecular formula is C19H17NS. The lowest BCUT2D eigenvalue weighted by Gasteiger charge is -2.11. The molecular weight excluding hydrogens is 274 g/mol. The number of nitrogens with one attached hydrogen (secondary N) is 1. The third kappa shape index (κ3) is 3.11. The van der Waals surface area contributed by atoms with Crippen LogP contribution in [0.5, 0.6) is 0 Å². The highest BCUT2D eigenvalue weighted by Crippen LogP contribution is 2.18. The number of rotatable bonds is 3. The Morgan fingerprint density at radius 1 is 0.905 bits per heavy atom. The summed E-state index contributed by atoms with van der Waals surface area (Å²) in [6.07, 6.45) is 0. The second kappa shape index (κ2) is 6.06. The summed E-state index contributed by atoms with van der Waals surface area (Å²) in [5.74, 6) is 0. The van der Waals surface area contributed by atoms with Gasteiger partial charge in [-0.25, -0.2) is 0 Å². The smallest absolute Gasteiger partial charge is 0.107 e. The van der Waals surface area contributed by atoms with Crippen LogP contribution in [0, 0.1) is 6.92 Å². The van der Waals surface area contributed by atoms with Crippen LogP contribution in [0.2, 0.25) is 0 Å². The summed E-state index contributed by atoms with van der Waals surface area (Å²) in [6, 6.07) is 23.1. The van der Waals surface area contributed by atoms with Gasteiger partial charge in [0.15, 0.2) is 0 Å². The molecule has 0 spiro atoms. The molecule has 0 bridgehead atoms. The van der Waals surface area contributed by atoms with E-state index in [0.717, 1.165) is 17.1 Å². The predicted octanol–water partition coefficient (Wildman–Crippen LogP) is 4.61. The number of hydrogen-bond donors (Lipinski definition) is 1. The molecule has 0 unspecified atom stereocenters. The summed E-state index contributed by atoms with van der Waals surface area (Å²) in [4.78, 5) is 0.798. The molecule has 104 valence electrons. The maximum atomic E-state index is 5.56. The molecule has 2 heteroatoms. The summed E-state index contributed by atoms with van der Waals surface area (Å²) < 4.78 is 0. The van der Waals surface area contributed by atoms with Gasteiger partial charge >= 0.3 is 0 Å². The monoisotopic (exact) mass is 291 g/mol. The zero-order chi connectivity index (χ0) is 14.7. The fourth-order valence-corrected chi connectivity index (χ4v) is 2.66. The molecule has 0 amide bonds. The molecule has 3 aromatic rings. The van der Waals surface area contributed by atoms with Gasteiger partial charge in [-0.2, -0.15) is 0 Å². The first-order chi connectivity index (χ1) is 10.2. The lowest BCUT2D eigenvalue weighted by molar-refractivity contribution is 0.928. The number of thiocarbonyl (C=S) groups is 1. The van der Waals surface area contributed by atoms with Crippen molar-refractivity contribution in [3.8, 4) is 0 Å². The number of fused-ring (bicyclic) bond motifs is 1. The lowest BCUT2D eigenvalue weighted by Crippen LogP contribution is -2.21. The van der Waals surface area contributed by atoms with E-state index in [-0.39, 0.29) is 0 Å². The van der Waals surface area contributed by atoms with Crippen LogP contribution in [0.3, 0.4) is 0 Å². The summed E-state index contributed by atoms with van der Waals surface area (Å²) >= 11 is 5.56. The van der Waals surface area contributed by atoms with Gasteiger partial charge in [-0.1, -0.05) is 84.5 Å². The van der Waals surface area contributed by atoms with Crippen LogP contribution in [0.25, 0.3) is 10.8 Å². The summed E-state index contributed by atoms with van der Waals surface area (Å²) in [5.41, 5.74) is 3.61. The highest BCUT2D eigenvalue weighted by Gasteiger charge is 2.05. The van der Waals surface area contributed by atoms with Gasteiger partial charge in [-0.15, -0.1) is 0 Å². The van der Waals surface area contributed by atoms with Gasteiger partial charge in [0.05, 0.1) is 0 Å². The third-order valence-electron chi connectivity index (χ3n) is 3.61. The van der Waals surface area contributed by atoms with E-state index in [1.807, 2.05) is 0 Å². The first kappa shape index (κ1) is 13.8.